The highest BCUT2D eigenvalue weighted by atomic mass is 32.2. The average Bonchev–Trinajstić information content (AvgIpc) is 2.56. The molecule has 0 amide bonds. The van der Waals surface area contributed by atoms with Crippen molar-refractivity contribution in [3.8, 4) is 11.5 Å². The number of hydrogen-bond acceptors (Lipinski definition) is 4. The summed E-state index contributed by atoms with van der Waals surface area (Å²) in [5.41, 5.74) is 0. The van der Waals surface area contributed by atoms with Crippen molar-refractivity contribution >= 4 is 23.5 Å². The van der Waals surface area contributed by atoms with Crippen LogP contribution in [0.15, 0.2) is 70.0 Å². The smallest absolute Gasteiger partial charge is 0.140 e. The summed E-state index contributed by atoms with van der Waals surface area (Å²) in [7, 11) is 0. The van der Waals surface area contributed by atoms with Crippen molar-refractivity contribution in [3.63, 3.8) is 0 Å². The third kappa shape index (κ3) is 3.32. The molecule has 102 valence electrons. The minimum absolute atomic E-state index is 0.849. The van der Waals surface area contributed by atoms with E-state index in [4.69, 9.17) is 9.47 Å². The number of ether oxygens (including phenoxy) is 2. The molecule has 0 fully saturated rings. The zero-order chi connectivity index (χ0) is 13.6. The summed E-state index contributed by atoms with van der Waals surface area (Å²) in [6.07, 6.45) is 1.70. The number of hydrogen-bond donors (Lipinski definition) is 0. The Hall–Kier alpha value is -1.52. The second-order valence-corrected chi connectivity index (χ2v) is 6.18. The highest BCUT2D eigenvalue weighted by Gasteiger charge is 2.07. The standard InChI is InChI=1S/C8H8OS.C8H6OS/c2*1-2-4-8-7(3-1)9-5-6-10-8/h1-4H,5-6H2;1-6H. The molecule has 2 aromatic rings. The highest BCUT2D eigenvalue weighted by molar-refractivity contribution is 8.02. The number of benzene rings is 2. The van der Waals surface area contributed by atoms with Crippen molar-refractivity contribution in [2.45, 2.75) is 9.79 Å². The molecule has 0 bridgehead atoms. The summed E-state index contributed by atoms with van der Waals surface area (Å²) in [6, 6.07) is 16.1. The van der Waals surface area contributed by atoms with Gasteiger partial charge in [0.1, 0.15) is 11.5 Å². The Balaban J connectivity index is 0.000000121. The second-order valence-electron chi connectivity index (χ2n) is 4.10. The van der Waals surface area contributed by atoms with E-state index in [1.807, 2.05) is 59.6 Å². The molecule has 0 aliphatic carbocycles. The van der Waals surface area contributed by atoms with Gasteiger partial charge in [-0.05, 0) is 24.3 Å². The molecule has 0 spiro atoms. The van der Waals surface area contributed by atoms with Crippen LogP contribution in [0, 0.1) is 0 Å². The zero-order valence-electron chi connectivity index (χ0n) is 10.8. The second kappa shape index (κ2) is 6.77. The minimum atomic E-state index is 0.849. The van der Waals surface area contributed by atoms with E-state index in [0.717, 1.165) is 23.9 Å². The highest BCUT2D eigenvalue weighted by Crippen LogP contribution is 2.33. The van der Waals surface area contributed by atoms with E-state index in [9.17, 15) is 0 Å². The molecule has 0 radical (unpaired) electrons. The van der Waals surface area contributed by atoms with Gasteiger partial charge in [-0.3, -0.25) is 0 Å². The number of thioether (sulfide) groups is 2. The van der Waals surface area contributed by atoms with Gasteiger partial charge in [-0.1, -0.05) is 36.0 Å². The molecule has 2 aliphatic rings. The first-order valence-electron chi connectivity index (χ1n) is 6.35. The van der Waals surface area contributed by atoms with Gasteiger partial charge in [0.25, 0.3) is 0 Å². The van der Waals surface area contributed by atoms with E-state index < -0.39 is 0 Å². The van der Waals surface area contributed by atoms with Crippen LogP contribution in [-0.4, -0.2) is 12.4 Å². The first kappa shape index (κ1) is 13.5. The maximum atomic E-state index is 5.40. The lowest BCUT2D eigenvalue weighted by Crippen LogP contribution is -2.05. The molecule has 2 heterocycles. The van der Waals surface area contributed by atoms with E-state index >= 15 is 0 Å². The van der Waals surface area contributed by atoms with E-state index in [1.54, 1.807) is 18.0 Å². The zero-order valence-corrected chi connectivity index (χ0v) is 12.5. The topological polar surface area (TPSA) is 18.5 Å². The van der Waals surface area contributed by atoms with Crippen LogP contribution in [0.5, 0.6) is 11.5 Å². The van der Waals surface area contributed by atoms with Crippen molar-refractivity contribution in [2.75, 3.05) is 12.4 Å². The van der Waals surface area contributed by atoms with Crippen LogP contribution in [0.3, 0.4) is 0 Å². The maximum Gasteiger partial charge on any atom is 0.140 e. The molecule has 2 aromatic carbocycles. The van der Waals surface area contributed by atoms with Gasteiger partial charge in [-0.2, -0.15) is 0 Å². The molecule has 2 aliphatic heterocycles. The van der Waals surface area contributed by atoms with Crippen LogP contribution >= 0.6 is 23.5 Å². The van der Waals surface area contributed by atoms with Gasteiger partial charge in [0.2, 0.25) is 0 Å². The van der Waals surface area contributed by atoms with Gasteiger partial charge in [0.15, 0.2) is 0 Å². The largest absolute Gasteiger partial charge is 0.492 e. The Morgan fingerprint density at radius 3 is 2.40 bits per heavy atom. The fourth-order valence-electron chi connectivity index (χ4n) is 1.84. The van der Waals surface area contributed by atoms with Crippen molar-refractivity contribution < 1.29 is 9.47 Å². The molecule has 20 heavy (non-hydrogen) atoms. The minimum Gasteiger partial charge on any atom is -0.492 e. The third-order valence-electron chi connectivity index (χ3n) is 2.74. The number of para-hydroxylation sites is 2. The Labute approximate surface area is 127 Å². The average molecular weight is 302 g/mol. The first-order chi connectivity index (χ1) is 9.93. The summed E-state index contributed by atoms with van der Waals surface area (Å²) in [6.45, 7) is 0.849. The first-order valence-corrected chi connectivity index (χ1v) is 8.22. The summed E-state index contributed by atoms with van der Waals surface area (Å²) in [5, 5.41) is 1.93. The summed E-state index contributed by atoms with van der Waals surface area (Å²) >= 11 is 3.55. The van der Waals surface area contributed by atoms with E-state index in [-0.39, 0.29) is 0 Å². The maximum absolute atomic E-state index is 5.40. The van der Waals surface area contributed by atoms with Crippen LogP contribution < -0.4 is 9.47 Å². The molecule has 0 N–H and O–H groups in total. The van der Waals surface area contributed by atoms with Crippen molar-refractivity contribution in [2.24, 2.45) is 0 Å². The Morgan fingerprint density at radius 2 is 1.60 bits per heavy atom. The molecular weight excluding hydrogens is 288 g/mol. The van der Waals surface area contributed by atoms with Gasteiger partial charge in [0.05, 0.1) is 17.8 Å². The van der Waals surface area contributed by atoms with Crippen molar-refractivity contribution in [1.29, 1.82) is 0 Å². The SMILES string of the molecule is C1=CSc2ccccc2O1.c1ccc2c(c1)OCCS2. The predicted octanol–water partition coefficient (Wildman–Crippen LogP) is 4.81. The van der Waals surface area contributed by atoms with E-state index in [0.29, 0.717) is 0 Å². The van der Waals surface area contributed by atoms with Gasteiger partial charge >= 0.3 is 0 Å². The lowest BCUT2D eigenvalue weighted by molar-refractivity contribution is 0.330. The molecule has 4 rings (SSSR count). The fourth-order valence-corrected chi connectivity index (χ4v) is 3.32. The Kier molecular flexibility index (Phi) is 4.56. The molecule has 0 saturated carbocycles. The molecule has 2 nitrogen and oxygen atoms in total. The van der Waals surface area contributed by atoms with Gasteiger partial charge in [-0.15, -0.1) is 11.8 Å². The lowest BCUT2D eigenvalue weighted by atomic mass is 10.3. The molecule has 0 unspecified atom stereocenters. The van der Waals surface area contributed by atoms with Crippen LogP contribution in [0.2, 0.25) is 0 Å². The summed E-state index contributed by atoms with van der Waals surface area (Å²) in [4.78, 5) is 2.46. The van der Waals surface area contributed by atoms with Gasteiger partial charge < -0.3 is 9.47 Å². The molecule has 0 atom stereocenters. The van der Waals surface area contributed by atoms with Crippen LogP contribution in [-0.2, 0) is 0 Å². The lowest BCUT2D eigenvalue weighted by Gasteiger charge is -2.15. The van der Waals surface area contributed by atoms with Crippen molar-refractivity contribution in [3.05, 3.63) is 60.2 Å². The summed E-state index contributed by atoms with van der Waals surface area (Å²) in [5.74, 6) is 3.07. The van der Waals surface area contributed by atoms with Crippen molar-refractivity contribution in [1.82, 2.24) is 0 Å². The molecule has 0 saturated heterocycles. The third-order valence-corrected chi connectivity index (χ3v) is 4.60. The molecule has 0 aromatic heterocycles. The Bertz CT molecular complexity index is 559. The van der Waals surface area contributed by atoms with E-state index in [2.05, 4.69) is 6.07 Å². The Morgan fingerprint density at radius 1 is 0.850 bits per heavy atom. The monoisotopic (exact) mass is 302 g/mol. The van der Waals surface area contributed by atoms with Gasteiger partial charge in [-0.25, -0.2) is 0 Å². The quantitative estimate of drug-likeness (QED) is 0.694. The van der Waals surface area contributed by atoms with Crippen LogP contribution in [0.4, 0.5) is 0 Å². The number of rotatable bonds is 0. The van der Waals surface area contributed by atoms with Crippen LogP contribution in [0.25, 0.3) is 0 Å². The van der Waals surface area contributed by atoms with Gasteiger partial charge in [0, 0.05) is 16.1 Å². The summed E-state index contributed by atoms with van der Waals surface area (Å²) < 4.78 is 10.6. The number of fused-ring (bicyclic) bond motifs is 2. The normalized spacial score (nSPS) is 14.8. The predicted molar refractivity (Wildman–Crippen MR) is 84.7 cm³/mol. The van der Waals surface area contributed by atoms with E-state index in [1.165, 1.54) is 9.79 Å². The molecular formula is C16H14O2S2. The fraction of sp³-hybridized carbons (Fsp3) is 0.125. The molecule has 4 heteroatoms. The van der Waals surface area contributed by atoms with Crippen LogP contribution in [0.1, 0.15) is 0 Å².